The van der Waals surface area contributed by atoms with E-state index < -0.39 is 0 Å². The number of amides is 1. The molecule has 0 saturated heterocycles. The number of anilines is 1. The summed E-state index contributed by atoms with van der Waals surface area (Å²) in [5.41, 5.74) is 7.06. The number of nitrogens with two attached hydrogens (primary N) is 1. The number of carbonyl (C=O) groups excluding carboxylic acids is 1. The Morgan fingerprint density at radius 2 is 1.93 bits per heavy atom. The van der Waals surface area contributed by atoms with Crippen LogP contribution in [0.1, 0.15) is 36.2 Å². The number of para-hydroxylation sites is 2. The molecule has 7 heteroatoms. The first-order chi connectivity index (χ1) is 13.2. The Morgan fingerprint density at radius 3 is 2.70 bits per heavy atom. The quantitative estimate of drug-likeness (QED) is 0.648. The van der Waals surface area contributed by atoms with Crippen LogP contribution in [0.25, 0.3) is 9.88 Å². The van der Waals surface area contributed by atoms with Gasteiger partial charge in [0.1, 0.15) is 16.5 Å². The third-order valence-corrected chi connectivity index (χ3v) is 6.50. The Morgan fingerprint density at radius 1 is 1.11 bits per heavy atom. The maximum Gasteiger partial charge on any atom is 0.275 e. The molecule has 0 radical (unpaired) electrons. The number of nitrogens with one attached hydrogen (secondary N) is 1. The summed E-state index contributed by atoms with van der Waals surface area (Å²) in [5, 5.41) is 7.59. The molecular weight excluding hydrogens is 378 g/mol. The number of aromatic nitrogens is 1. The molecule has 5 nitrogen and oxygen atoms in total. The Labute approximate surface area is 166 Å². The van der Waals surface area contributed by atoms with Crippen LogP contribution in [0.15, 0.2) is 47.2 Å². The first kappa shape index (κ1) is 18.2. The van der Waals surface area contributed by atoms with Gasteiger partial charge in [0.25, 0.3) is 5.91 Å². The summed E-state index contributed by atoms with van der Waals surface area (Å²) in [5.74, 6) is 0.468. The highest BCUT2D eigenvalue weighted by Crippen LogP contribution is 2.31. The fourth-order valence-electron chi connectivity index (χ4n) is 3.14. The second kappa shape index (κ2) is 8.21. The van der Waals surface area contributed by atoms with Crippen LogP contribution in [0.3, 0.4) is 0 Å². The summed E-state index contributed by atoms with van der Waals surface area (Å²) in [6.45, 7) is 0. The van der Waals surface area contributed by atoms with Crippen molar-refractivity contribution >= 4 is 34.3 Å². The van der Waals surface area contributed by atoms with E-state index in [1.54, 1.807) is 16.7 Å². The first-order valence-electron chi connectivity index (χ1n) is 9.01. The number of carbonyl (C=O) groups is 1. The molecule has 0 atom stereocenters. The number of nitrogens with zero attached hydrogens (tertiary/aromatic N) is 1. The van der Waals surface area contributed by atoms with Gasteiger partial charge in [-0.1, -0.05) is 18.2 Å². The maximum absolute atomic E-state index is 12.6. The Hall–Kier alpha value is -2.22. The molecule has 1 amide bonds. The van der Waals surface area contributed by atoms with E-state index in [-0.39, 0.29) is 18.1 Å². The Bertz CT molecular complexity index is 900. The van der Waals surface area contributed by atoms with Crippen molar-refractivity contribution in [3.63, 3.8) is 0 Å². The van der Waals surface area contributed by atoms with Crippen LogP contribution in [0, 0.1) is 0 Å². The zero-order valence-electron chi connectivity index (χ0n) is 14.8. The van der Waals surface area contributed by atoms with Crippen molar-refractivity contribution in [2.75, 3.05) is 5.32 Å². The van der Waals surface area contributed by atoms with Crippen LogP contribution in [-0.2, 0) is 0 Å². The van der Waals surface area contributed by atoms with Gasteiger partial charge in [0.2, 0.25) is 0 Å². The summed E-state index contributed by atoms with van der Waals surface area (Å²) < 4.78 is 6.15. The van der Waals surface area contributed by atoms with Crippen molar-refractivity contribution in [1.29, 1.82) is 0 Å². The lowest BCUT2D eigenvalue weighted by atomic mass is 9.94. The molecule has 2 heterocycles. The van der Waals surface area contributed by atoms with E-state index in [2.05, 4.69) is 10.3 Å². The molecule has 0 spiro atoms. The van der Waals surface area contributed by atoms with Crippen LogP contribution < -0.4 is 15.8 Å². The number of benzene rings is 1. The van der Waals surface area contributed by atoms with Crippen molar-refractivity contribution in [3.05, 3.63) is 52.9 Å². The minimum Gasteiger partial charge on any atom is -0.488 e. The lowest BCUT2D eigenvalue weighted by Gasteiger charge is -2.27. The standard InChI is InChI=1S/C20H21N3O2S2/c21-13-7-9-14(10-8-13)25-17-5-2-1-4-15(17)22-19(24)16-12-27-20(23-16)18-6-3-11-26-18/h1-6,11-14H,7-10,21H2,(H,22,24). The van der Waals surface area contributed by atoms with E-state index in [1.807, 2.05) is 41.8 Å². The zero-order valence-corrected chi connectivity index (χ0v) is 16.4. The number of ether oxygens (including phenoxy) is 1. The van der Waals surface area contributed by atoms with Crippen LogP contribution in [0.2, 0.25) is 0 Å². The van der Waals surface area contributed by atoms with E-state index in [0.717, 1.165) is 35.6 Å². The van der Waals surface area contributed by atoms with Gasteiger partial charge >= 0.3 is 0 Å². The van der Waals surface area contributed by atoms with Crippen LogP contribution in [0.5, 0.6) is 5.75 Å². The minimum atomic E-state index is -0.226. The van der Waals surface area contributed by atoms with Gasteiger partial charge < -0.3 is 15.8 Å². The van der Waals surface area contributed by atoms with Crippen molar-refractivity contribution in [2.45, 2.75) is 37.8 Å². The van der Waals surface area contributed by atoms with E-state index in [0.29, 0.717) is 17.1 Å². The molecule has 0 bridgehead atoms. The van der Waals surface area contributed by atoms with Gasteiger partial charge in [0, 0.05) is 11.4 Å². The summed E-state index contributed by atoms with van der Waals surface area (Å²) in [6, 6.07) is 11.8. The molecular formula is C20H21N3O2S2. The molecule has 1 saturated carbocycles. The fraction of sp³-hybridized carbons (Fsp3) is 0.300. The average molecular weight is 400 g/mol. The molecule has 3 N–H and O–H groups in total. The number of hydrogen-bond donors (Lipinski definition) is 2. The maximum atomic E-state index is 12.6. The molecule has 1 aliphatic carbocycles. The van der Waals surface area contributed by atoms with Gasteiger partial charge in [-0.2, -0.15) is 0 Å². The summed E-state index contributed by atoms with van der Waals surface area (Å²) in [7, 11) is 0. The van der Waals surface area contributed by atoms with E-state index in [4.69, 9.17) is 10.5 Å². The second-order valence-electron chi connectivity index (χ2n) is 6.62. The highest BCUT2D eigenvalue weighted by molar-refractivity contribution is 7.20. The zero-order chi connectivity index (χ0) is 18.6. The molecule has 0 unspecified atom stereocenters. The highest BCUT2D eigenvalue weighted by Gasteiger charge is 2.21. The Balaban J connectivity index is 1.45. The normalized spacial score (nSPS) is 19.6. The van der Waals surface area contributed by atoms with Gasteiger partial charge in [-0.3, -0.25) is 4.79 Å². The third-order valence-electron chi connectivity index (χ3n) is 4.62. The monoisotopic (exact) mass is 399 g/mol. The largest absolute Gasteiger partial charge is 0.488 e. The van der Waals surface area contributed by atoms with Crippen molar-refractivity contribution < 1.29 is 9.53 Å². The molecule has 1 aromatic carbocycles. The number of thiophene rings is 1. The molecule has 3 aromatic rings. The van der Waals surface area contributed by atoms with E-state index in [1.165, 1.54) is 11.3 Å². The SMILES string of the molecule is NC1CCC(Oc2ccccc2NC(=O)c2csc(-c3cccs3)n2)CC1. The highest BCUT2D eigenvalue weighted by atomic mass is 32.1. The topological polar surface area (TPSA) is 77.2 Å². The fourth-order valence-corrected chi connectivity index (χ4v) is 4.75. The van der Waals surface area contributed by atoms with E-state index >= 15 is 0 Å². The van der Waals surface area contributed by atoms with Crippen molar-refractivity contribution in [3.8, 4) is 15.6 Å². The van der Waals surface area contributed by atoms with Crippen molar-refractivity contribution in [1.82, 2.24) is 4.98 Å². The molecule has 0 aliphatic heterocycles. The van der Waals surface area contributed by atoms with Crippen LogP contribution in [0.4, 0.5) is 5.69 Å². The average Bonchev–Trinajstić information content (AvgIpc) is 3.36. The summed E-state index contributed by atoms with van der Waals surface area (Å²) in [6.07, 6.45) is 3.99. The summed E-state index contributed by atoms with van der Waals surface area (Å²) in [4.78, 5) is 18.2. The molecule has 1 fully saturated rings. The number of thiazole rings is 1. The molecule has 2 aromatic heterocycles. The molecule has 140 valence electrons. The first-order valence-corrected chi connectivity index (χ1v) is 10.8. The molecule has 27 heavy (non-hydrogen) atoms. The lowest BCUT2D eigenvalue weighted by molar-refractivity contribution is 0.102. The van der Waals surface area contributed by atoms with Gasteiger partial charge in [-0.25, -0.2) is 4.98 Å². The van der Waals surface area contributed by atoms with Crippen LogP contribution >= 0.6 is 22.7 Å². The summed E-state index contributed by atoms with van der Waals surface area (Å²) >= 11 is 3.09. The predicted octanol–water partition coefficient (Wildman–Crippen LogP) is 4.77. The molecule has 1 aliphatic rings. The van der Waals surface area contributed by atoms with Gasteiger partial charge in [-0.05, 0) is 49.3 Å². The van der Waals surface area contributed by atoms with Crippen molar-refractivity contribution in [2.24, 2.45) is 5.73 Å². The second-order valence-corrected chi connectivity index (χ2v) is 8.43. The minimum absolute atomic E-state index is 0.146. The smallest absolute Gasteiger partial charge is 0.275 e. The number of hydrogen-bond acceptors (Lipinski definition) is 6. The van der Waals surface area contributed by atoms with Crippen LogP contribution in [-0.4, -0.2) is 23.0 Å². The van der Waals surface area contributed by atoms with Gasteiger partial charge in [-0.15, -0.1) is 22.7 Å². The van der Waals surface area contributed by atoms with E-state index in [9.17, 15) is 4.79 Å². The predicted molar refractivity (Wildman–Crippen MR) is 111 cm³/mol. The van der Waals surface area contributed by atoms with Gasteiger partial charge in [0.05, 0.1) is 16.7 Å². The Kier molecular flexibility index (Phi) is 5.52. The number of rotatable bonds is 5. The lowest BCUT2D eigenvalue weighted by Crippen LogP contribution is -2.31. The molecule has 4 rings (SSSR count). The van der Waals surface area contributed by atoms with Gasteiger partial charge in [0.15, 0.2) is 0 Å². The third kappa shape index (κ3) is 4.37.